The fourth-order valence-corrected chi connectivity index (χ4v) is 2.91. The highest BCUT2D eigenvalue weighted by Gasteiger charge is 2.11. The average Bonchev–Trinajstić information content (AvgIpc) is 2.52. The van der Waals surface area contributed by atoms with Gasteiger partial charge in [0.1, 0.15) is 0 Å². The van der Waals surface area contributed by atoms with Gasteiger partial charge in [0.2, 0.25) is 0 Å². The fraction of sp³-hybridized carbons (Fsp3) is 0.235. The van der Waals surface area contributed by atoms with Gasteiger partial charge in [-0.25, -0.2) is 0 Å². The van der Waals surface area contributed by atoms with E-state index in [9.17, 15) is 4.79 Å². The summed E-state index contributed by atoms with van der Waals surface area (Å²) in [5, 5.41) is 3.34. The third kappa shape index (κ3) is 4.14. The number of carbonyl (C=O) groups excluding carboxylic acids is 1. The van der Waals surface area contributed by atoms with Crippen LogP contribution in [0.2, 0.25) is 5.02 Å². The van der Waals surface area contributed by atoms with Gasteiger partial charge in [-0.1, -0.05) is 11.6 Å². The molecule has 0 spiro atoms. The largest absolute Gasteiger partial charge is 0.372 e. The number of carbonyl (C=O) groups is 1. The maximum atomic E-state index is 12.3. The summed E-state index contributed by atoms with van der Waals surface area (Å²) in [6.45, 7) is 6.16. The quantitative estimate of drug-likeness (QED) is 0.677. The number of rotatable bonds is 5. The van der Waals surface area contributed by atoms with Crippen LogP contribution in [0.4, 0.5) is 11.4 Å². The van der Waals surface area contributed by atoms with E-state index in [4.69, 9.17) is 11.6 Å². The SMILES string of the molecule is CCN(CC)c1ccc(NC(=O)c2cc(I)ccc2Cl)cc1. The maximum absolute atomic E-state index is 12.3. The first-order valence-electron chi connectivity index (χ1n) is 7.16. The minimum Gasteiger partial charge on any atom is -0.372 e. The Morgan fingerprint density at radius 1 is 1.14 bits per heavy atom. The third-order valence-electron chi connectivity index (χ3n) is 3.43. The monoisotopic (exact) mass is 428 g/mol. The summed E-state index contributed by atoms with van der Waals surface area (Å²) in [7, 11) is 0. The Morgan fingerprint density at radius 3 is 2.36 bits per heavy atom. The molecule has 5 heteroatoms. The zero-order chi connectivity index (χ0) is 16.1. The minimum absolute atomic E-state index is 0.195. The molecule has 0 aliphatic heterocycles. The van der Waals surface area contributed by atoms with E-state index in [1.54, 1.807) is 12.1 Å². The van der Waals surface area contributed by atoms with Gasteiger partial charge in [-0.15, -0.1) is 0 Å². The Balaban J connectivity index is 2.13. The summed E-state index contributed by atoms with van der Waals surface area (Å²) in [6.07, 6.45) is 0. The van der Waals surface area contributed by atoms with Crippen LogP contribution >= 0.6 is 34.2 Å². The van der Waals surface area contributed by atoms with Gasteiger partial charge in [0.25, 0.3) is 5.91 Å². The van der Waals surface area contributed by atoms with E-state index >= 15 is 0 Å². The number of amides is 1. The summed E-state index contributed by atoms with van der Waals surface area (Å²) in [4.78, 5) is 14.6. The van der Waals surface area contributed by atoms with Crippen molar-refractivity contribution in [1.82, 2.24) is 0 Å². The van der Waals surface area contributed by atoms with Gasteiger partial charge >= 0.3 is 0 Å². The number of halogens is 2. The Morgan fingerprint density at radius 2 is 1.77 bits per heavy atom. The van der Waals surface area contributed by atoms with Gasteiger partial charge in [-0.2, -0.15) is 0 Å². The van der Waals surface area contributed by atoms with Crippen molar-refractivity contribution in [3.05, 3.63) is 56.6 Å². The molecule has 0 unspecified atom stereocenters. The van der Waals surface area contributed by atoms with Crippen LogP contribution in [0.1, 0.15) is 24.2 Å². The van der Waals surface area contributed by atoms with E-state index < -0.39 is 0 Å². The highest BCUT2D eigenvalue weighted by atomic mass is 127. The highest BCUT2D eigenvalue weighted by Crippen LogP contribution is 2.22. The maximum Gasteiger partial charge on any atom is 0.257 e. The minimum atomic E-state index is -0.195. The summed E-state index contributed by atoms with van der Waals surface area (Å²) >= 11 is 8.25. The lowest BCUT2D eigenvalue weighted by molar-refractivity contribution is 0.102. The van der Waals surface area contributed by atoms with Crippen LogP contribution in [0, 0.1) is 3.57 Å². The first kappa shape index (κ1) is 17.1. The lowest BCUT2D eigenvalue weighted by Crippen LogP contribution is -2.21. The van der Waals surface area contributed by atoms with Crippen molar-refractivity contribution >= 4 is 51.5 Å². The summed E-state index contributed by atoms with van der Waals surface area (Å²) in [5.41, 5.74) is 2.40. The lowest BCUT2D eigenvalue weighted by Gasteiger charge is -2.21. The van der Waals surface area contributed by atoms with Crippen LogP contribution in [-0.4, -0.2) is 19.0 Å². The standard InChI is InChI=1S/C17H18ClIN2O/c1-3-21(4-2)14-8-6-13(7-9-14)20-17(22)15-11-12(19)5-10-16(15)18/h5-11H,3-4H2,1-2H3,(H,20,22). The number of nitrogens with zero attached hydrogens (tertiary/aromatic N) is 1. The zero-order valence-corrected chi connectivity index (χ0v) is 15.5. The van der Waals surface area contributed by atoms with E-state index in [1.165, 1.54) is 0 Å². The van der Waals surface area contributed by atoms with Gasteiger partial charge in [-0.3, -0.25) is 4.79 Å². The van der Waals surface area contributed by atoms with Crippen LogP contribution in [0.3, 0.4) is 0 Å². The molecule has 0 radical (unpaired) electrons. The molecule has 3 nitrogen and oxygen atoms in total. The van der Waals surface area contributed by atoms with Crippen molar-refractivity contribution in [2.75, 3.05) is 23.3 Å². The van der Waals surface area contributed by atoms with Crippen LogP contribution in [0.25, 0.3) is 0 Å². The second-order valence-electron chi connectivity index (χ2n) is 4.80. The first-order chi connectivity index (χ1) is 10.5. The van der Waals surface area contributed by atoms with Crippen molar-refractivity contribution in [3.8, 4) is 0 Å². The number of benzene rings is 2. The van der Waals surface area contributed by atoms with Gasteiger partial charge in [-0.05, 0) is 78.9 Å². The molecular formula is C17H18ClIN2O. The Kier molecular flexibility index (Phi) is 6.08. The van der Waals surface area contributed by atoms with Gasteiger partial charge in [0.15, 0.2) is 0 Å². The van der Waals surface area contributed by atoms with E-state index in [2.05, 4.69) is 46.7 Å². The van der Waals surface area contributed by atoms with Crippen molar-refractivity contribution in [3.63, 3.8) is 0 Å². The molecule has 0 saturated carbocycles. The molecule has 22 heavy (non-hydrogen) atoms. The van der Waals surface area contributed by atoms with Crippen LogP contribution in [0.5, 0.6) is 0 Å². The first-order valence-corrected chi connectivity index (χ1v) is 8.62. The normalized spacial score (nSPS) is 10.4. The van der Waals surface area contributed by atoms with E-state index in [-0.39, 0.29) is 5.91 Å². The highest BCUT2D eigenvalue weighted by molar-refractivity contribution is 14.1. The summed E-state index contributed by atoms with van der Waals surface area (Å²) in [5.74, 6) is -0.195. The van der Waals surface area contributed by atoms with E-state index in [0.717, 1.165) is 28.0 Å². The fourth-order valence-electron chi connectivity index (χ4n) is 2.21. The Labute approximate surface area is 149 Å². The van der Waals surface area contributed by atoms with Gasteiger partial charge in [0, 0.05) is 28.0 Å². The molecule has 0 bridgehead atoms. The van der Waals surface area contributed by atoms with Crippen molar-refractivity contribution < 1.29 is 4.79 Å². The number of anilines is 2. The van der Waals surface area contributed by atoms with Crippen LogP contribution in [-0.2, 0) is 0 Å². The van der Waals surface area contributed by atoms with Gasteiger partial charge < -0.3 is 10.2 Å². The van der Waals surface area contributed by atoms with Crippen molar-refractivity contribution in [2.24, 2.45) is 0 Å². The molecule has 1 amide bonds. The van der Waals surface area contributed by atoms with Crippen LogP contribution in [0.15, 0.2) is 42.5 Å². The molecule has 0 saturated heterocycles. The lowest BCUT2D eigenvalue weighted by atomic mass is 10.2. The number of nitrogens with one attached hydrogen (secondary N) is 1. The molecule has 0 aromatic heterocycles. The molecule has 0 atom stereocenters. The van der Waals surface area contributed by atoms with E-state index in [0.29, 0.717) is 10.6 Å². The molecule has 2 aromatic rings. The second kappa shape index (κ2) is 7.83. The molecule has 0 heterocycles. The third-order valence-corrected chi connectivity index (χ3v) is 4.43. The second-order valence-corrected chi connectivity index (χ2v) is 6.45. The molecule has 1 N–H and O–H groups in total. The Bertz CT molecular complexity index is 654. The zero-order valence-electron chi connectivity index (χ0n) is 12.6. The topological polar surface area (TPSA) is 32.3 Å². The predicted molar refractivity (Wildman–Crippen MR) is 102 cm³/mol. The molecule has 2 aromatic carbocycles. The van der Waals surface area contributed by atoms with Gasteiger partial charge in [0.05, 0.1) is 10.6 Å². The smallest absolute Gasteiger partial charge is 0.257 e. The number of hydrogen-bond donors (Lipinski definition) is 1. The van der Waals surface area contributed by atoms with E-state index in [1.807, 2.05) is 30.3 Å². The predicted octanol–water partition coefficient (Wildman–Crippen LogP) is 5.04. The van der Waals surface area contributed by atoms with Crippen molar-refractivity contribution in [2.45, 2.75) is 13.8 Å². The van der Waals surface area contributed by atoms with Crippen molar-refractivity contribution in [1.29, 1.82) is 0 Å². The molecule has 0 aliphatic rings. The number of hydrogen-bond acceptors (Lipinski definition) is 2. The molecule has 116 valence electrons. The molecular weight excluding hydrogens is 411 g/mol. The van der Waals surface area contributed by atoms with Crippen LogP contribution < -0.4 is 10.2 Å². The molecule has 0 aliphatic carbocycles. The Hall–Kier alpha value is -1.27. The average molecular weight is 429 g/mol. The summed E-state index contributed by atoms with van der Waals surface area (Å²) in [6, 6.07) is 13.2. The molecule has 0 fully saturated rings. The molecule has 2 rings (SSSR count). The summed E-state index contributed by atoms with van der Waals surface area (Å²) < 4.78 is 0.976.